The van der Waals surface area contributed by atoms with Gasteiger partial charge in [0.2, 0.25) is 0 Å². The Morgan fingerprint density at radius 3 is 2.48 bits per heavy atom. The van der Waals surface area contributed by atoms with Crippen LogP contribution in [0.1, 0.15) is 49.8 Å². The molecule has 0 spiro atoms. The van der Waals surface area contributed by atoms with Gasteiger partial charge in [-0.2, -0.15) is 0 Å². The second-order valence-electron chi connectivity index (χ2n) is 7.24. The van der Waals surface area contributed by atoms with Crippen LogP contribution >= 0.6 is 0 Å². The van der Waals surface area contributed by atoms with Gasteiger partial charge < -0.3 is 19.5 Å². The van der Waals surface area contributed by atoms with Crippen LogP contribution in [0.4, 0.5) is 0 Å². The molecule has 0 saturated carbocycles. The van der Waals surface area contributed by atoms with E-state index in [0.29, 0.717) is 6.04 Å². The van der Waals surface area contributed by atoms with Gasteiger partial charge >= 0.3 is 0 Å². The van der Waals surface area contributed by atoms with E-state index in [1.807, 2.05) is 0 Å². The highest BCUT2D eigenvalue weighted by Gasteiger charge is 2.37. The molecular formula is C19H27NO3. The number of hydrogen-bond acceptors (Lipinski definition) is 4. The lowest BCUT2D eigenvalue weighted by molar-refractivity contribution is 0.242. The molecule has 3 atom stereocenters. The van der Waals surface area contributed by atoms with Gasteiger partial charge in [0.25, 0.3) is 0 Å². The second-order valence-corrected chi connectivity index (χ2v) is 7.24. The summed E-state index contributed by atoms with van der Waals surface area (Å²) in [5.74, 6) is 2.96. The van der Waals surface area contributed by atoms with E-state index in [9.17, 15) is 0 Å². The molecule has 3 aliphatic heterocycles. The molecule has 0 bridgehead atoms. The average molecular weight is 317 g/mol. The van der Waals surface area contributed by atoms with Crippen LogP contribution in [0.2, 0.25) is 0 Å². The Bertz CT molecular complexity index is 568. The summed E-state index contributed by atoms with van der Waals surface area (Å²) in [6, 6.07) is 0.556. The van der Waals surface area contributed by atoms with Gasteiger partial charge in [-0.3, -0.25) is 0 Å². The van der Waals surface area contributed by atoms with Crippen LogP contribution in [0.15, 0.2) is 0 Å². The van der Waals surface area contributed by atoms with Crippen LogP contribution in [0.5, 0.6) is 17.2 Å². The molecule has 4 heteroatoms. The average Bonchev–Trinajstić information content (AvgIpc) is 3.11. The molecule has 3 heterocycles. The normalized spacial score (nSPS) is 28.7. The zero-order valence-electron chi connectivity index (χ0n) is 14.4. The van der Waals surface area contributed by atoms with Gasteiger partial charge in [0.1, 0.15) is 18.0 Å². The van der Waals surface area contributed by atoms with E-state index in [4.69, 9.17) is 14.2 Å². The zero-order valence-corrected chi connectivity index (χ0v) is 14.4. The molecule has 0 aliphatic carbocycles. The van der Waals surface area contributed by atoms with Gasteiger partial charge in [-0.15, -0.1) is 0 Å². The fourth-order valence-corrected chi connectivity index (χ4v) is 4.34. The first kappa shape index (κ1) is 15.1. The number of ether oxygens (including phenoxy) is 3. The monoisotopic (exact) mass is 317 g/mol. The van der Waals surface area contributed by atoms with Gasteiger partial charge in [-0.1, -0.05) is 6.42 Å². The summed E-state index contributed by atoms with van der Waals surface area (Å²) in [7, 11) is 1.74. The molecule has 4 rings (SSSR count). The first-order chi connectivity index (χ1) is 11.2. The van der Waals surface area contributed by atoms with Gasteiger partial charge in [-0.05, 0) is 39.7 Å². The van der Waals surface area contributed by atoms with Crippen LogP contribution in [0.3, 0.4) is 0 Å². The number of rotatable bonds is 3. The van der Waals surface area contributed by atoms with Crippen molar-refractivity contribution in [2.24, 2.45) is 0 Å². The van der Waals surface area contributed by atoms with Crippen molar-refractivity contribution in [1.82, 2.24) is 5.32 Å². The number of hydrogen-bond donors (Lipinski definition) is 1. The van der Waals surface area contributed by atoms with E-state index in [1.165, 1.54) is 36.0 Å². The molecule has 1 aromatic carbocycles. The Kier molecular flexibility index (Phi) is 3.88. The lowest BCUT2D eigenvalue weighted by atomic mass is 9.90. The predicted octanol–water partition coefficient (Wildman–Crippen LogP) is 3.03. The van der Waals surface area contributed by atoms with Crippen LogP contribution in [0, 0.1) is 0 Å². The fraction of sp³-hybridized carbons (Fsp3) is 0.684. The minimum absolute atomic E-state index is 0.219. The van der Waals surface area contributed by atoms with Crippen molar-refractivity contribution in [3.63, 3.8) is 0 Å². The first-order valence-electron chi connectivity index (χ1n) is 8.98. The van der Waals surface area contributed by atoms with Crippen molar-refractivity contribution in [2.75, 3.05) is 13.7 Å². The first-order valence-corrected chi connectivity index (χ1v) is 8.98. The second kappa shape index (κ2) is 5.90. The van der Waals surface area contributed by atoms with E-state index < -0.39 is 0 Å². The Morgan fingerprint density at radius 1 is 1.04 bits per heavy atom. The van der Waals surface area contributed by atoms with E-state index in [-0.39, 0.29) is 12.2 Å². The standard InChI is InChI=1S/C19H27NO3/c1-11-8-14-15(10-13-6-4-5-7-20-13)17-16(9-12(2)22-17)18(21-3)19(14)23-11/h11-13,20H,4-10H2,1-3H3. The summed E-state index contributed by atoms with van der Waals surface area (Å²) in [5.41, 5.74) is 3.89. The Morgan fingerprint density at radius 2 is 1.78 bits per heavy atom. The zero-order chi connectivity index (χ0) is 16.0. The van der Waals surface area contributed by atoms with E-state index in [2.05, 4.69) is 19.2 Å². The third kappa shape index (κ3) is 2.57. The maximum absolute atomic E-state index is 6.22. The number of piperidine rings is 1. The number of benzene rings is 1. The van der Waals surface area contributed by atoms with Crippen molar-refractivity contribution in [3.8, 4) is 17.2 Å². The molecule has 1 fully saturated rings. The maximum Gasteiger partial charge on any atom is 0.168 e. The molecule has 0 radical (unpaired) electrons. The Balaban J connectivity index is 1.78. The molecule has 0 aromatic heterocycles. The van der Waals surface area contributed by atoms with Crippen molar-refractivity contribution in [1.29, 1.82) is 0 Å². The topological polar surface area (TPSA) is 39.7 Å². The third-order valence-corrected chi connectivity index (χ3v) is 5.36. The molecule has 1 saturated heterocycles. The predicted molar refractivity (Wildman–Crippen MR) is 89.9 cm³/mol. The van der Waals surface area contributed by atoms with Crippen LogP contribution in [-0.2, 0) is 19.3 Å². The van der Waals surface area contributed by atoms with E-state index in [1.54, 1.807) is 7.11 Å². The van der Waals surface area contributed by atoms with Gasteiger partial charge in [0.05, 0.1) is 7.11 Å². The largest absolute Gasteiger partial charge is 0.492 e. The summed E-state index contributed by atoms with van der Waals surface area (Å²) >= 11 is 0. The number of nitrogens with one attached hydrogen (secondary N) is 1. The Labute approximate surface area is 138 Å². The molecule has 0 amide bonds. The number of fused-ring (bicyclic) bond motifs is 2. The highest BCUT2D eigenvalue weighted by atomic mass is 16.5. The molecular weight excluding hydrogens is 290 g/mol. The quantitative estimate of drug-likeness (QED) is 0.930. The van der Waals surface area contributed by atoms with Crippen LogP contribution < -0.4 is 19.5 Å². The summed E-state index contributed by atoms with van der Waals surface area (Å²) in [6.45, 7) is 5.41. The van der Waals surface area contributed by atoms with E-state index >= 15 is 0 Å². The molecule has 3 unspecified atom stereocenters. The number of methoxy groups -OCH3 is 1. The summed E-state index contributed by atoms with van der Waals surface area (Å²) in [4.78, 5) is 0. The van der Waals surface area contributed by atoms with Crippen LogP contribution in [0.25, 0.3) is 0 Å². The van der Waals surface area contributed by atoms with Crippen molar-refractivity contribution in [2.45, 2.75) is 70.6 Å². The van der Waals surface area contributed by atoms with Crippen molar-refractivity contribution < 1.29 is 14.2 Å². The maximum atomic E-state index is 6.22. The highest BCUT2D eigenvalue weighted by Crippen LogP contribution is 2.51. The van der Waals surface area contributed by atoms with Gasteiger partial charge in [0.15, 0.2) is 11.5 Å². The fourth-order valence-electron chi connectivity index (χ4n) is 4.34. The molecule has 23 heavy (non-hydrogen) atoms. The SMILES string of the molecule is COc1c2c(c(CC3CCCCN3)c3c1OC(C)C3)OC(C)C2. The summed E-state index contributed by atoms with van der Waals surface area (Å²) < 4.78 is 18.1. The van der Waals surface area contributed by atoms with Gasteiger partial charge in [0, 0.05) is 35.6 Å². The molecule has 1 aromatic rings. The lowest BCUT2D eigenvalue weighted by Gasteiger charge is -2.25. The van der Waals surface area contributed by atoms with Gasteiger partial charge in [-0.25, -0.2) is 0 Å². The summed E-state index contributed by atoms with van der Waals surface area (Å²) in [5, 5.41) is 3.67. The van der Waals surface area contributed by atoms with Crippen molar-refractivity contribution >= 4 is 0 Å². The van der Waals surface area contributed by atoms with Crippen LogP contribution in [-0.4, -0.2) is 31.9 Å². The smallest absolute Gasteiger partial charge is 0.168 e. The summed E-state index contributed by atoms with van der Waals surface area (Å²) in [6.07, 6.45) is 7.21. The minimum atomic E-state index is 0.219. The third-order valence-electron chi connectivity index (χ3n) is 5.36. The molecule has 4 nitrogen and oxygen atoms in total. The molecule has 1 N–H and O–H groups in total. The van der Waals surface area contributed by atoms with Crippen molar-refractivity contribution in [3.05, 3.63) is 16.7 Å². The molecule has 126 valence electrons. The Hall–Kier alpha value is -1.42. The highest BCUT2D eigenvalue weighted by molar-refractivity contribution is 5.66. The lowest BCUT2D eigenvalue weighted by Crippen LogP contribution is -2.35. The molecule has 3 aliphatic rings. The minimum Gasteiger partial charge on any atom is -0.492 e. The van der Waals surface area contributed by atoms with E-state index in [0.717, 1.165) is 43.1 Å².